The van der Waals surface area contributed by atoms with Gasteiger partial charge in [0.05, 0.1) is 11.6 Å². The zero-order chi connectivity index (χ0) is 11.5. The molecule has 0 fully saturated rings. The van der Waals surface area contributed by atoms with E-state index in [9.17, 15) is 5.11 Å². The van der Waals surface area contributed by atoms with Crippen LogP contribution in [-0.2, 0) is 0 Å². The summed E-state index contributed by atoms with van der Waals surface area (Å²) in [6.45, 7) is 5.57. The fourth-order valence-electron chi connectivity index (χ4n) is 0.983. The fourth-order valence-corrected chi connectivity index (χ4v) is 0.983. The first-order valence-electron chi connectivity index (χ1n) is 4.93. The summed E-state index contributed by atoms with van der Waals surface area (Å²) in [6.07, 6.45) is 1.20. The van der Waals surface area contributed by atoms with Crippen LogP contribution in [-0.4, -0.2) is 33.8 Å². The Morgan fingerprint density at radius 2 is 2.13 bits per heavy atom. The third-order valence-corrected chi connectivity index (χ3v) is 2.37. The number of nitrogens with zero attached hydrogens (tertiary/aromatic N) is 2. The molecule has 5 heteroatoms. The summed E-state index contributed by atoms with van der Waals surface area (Å²) in [5.41, 5.74) is -0.417. The first kappa shape index (κ1) is 11.7. The van der Waals surface area contributed by atoms with Crippen molar-refractivity contribution in [2.75, 3.05) is 17.7 Å². The Balaban J connectivity index is 2.80. The highest BCUT2D eigenvalue weighted by Gasteiger charge is 2.24. The van der Waals surface area contributed by atoms with E-state index >= 15 is 0 Å². The second kappa shape index (κ2) is 4.44. The molecule has 0 aliphatic carbocycles. The Bertz CT molecular complexity index is 325. The summed E-state index contributed by atoms with van der Waals surface area (Å²) in [7, 11) is 1.76. The number of hydrogen-bond donors (Lipinski definition) is 3. The molecule has 0 amide bonds. The monoisotopic (exact) mass is 210 g/mol. The van der Waals surface area contributed by atoms with Crippen LogP contribution in [0.3, 0.4) is 0 Å². The van der Waals surface area contributed by atoms with Crippen LogP contribution >= 0.6 is 0 Å². The molecule has 1 aromatic heterocycles. The third kappa shape index (κ3) is 3.06. The predicted molar refractivity (Wildman–Crippen MR) is 61.0 cm³/mol. The number of anilines is 2. The molecule has 15 heavy (non-hydrogen) atoms. The zero-order valence-corrected chi connectivity index (χ0v) is 9.57. The maximum absolute atomic E-state index is 9.55. The van der Waals surface area contributed by atoms with Crippen molar-refractivity contribution < 1.29 is 5.11 Å². The van der Waals surface area contributed by atoms with Crippen molar-refractivity contribution >= 4 is 11.8 Å². The summed E-state index contributed by atoms with van der Waals surface area (Å²) in [4.78, 5) is 8.22. The van der Waals surface area contributed by atoms with Crippen LogP contribution < -0.4 is 10.6 Å². The van der Waals surface area contributed by atoms with Gasteiger partial charge in [0.15, 0.2) is 0 Å². The van der Waals surface area contributed by atoms with E-state index in [1.807, 2.05) is 13.8 Å². The molecule has 3 N–H and O–H groups in total. The van der Waals surface area contributed by atoms with Gasteiger partial charge in [0, 0.05) is 13.2 Å². The molecule has 0 aliphatic heterocycles. The summed E-state index contributed by atoms with van der Waals surface area (Å²) in [5.74, 6) is 1.25. The lowest BCUT2D eigenvalue weighted by atomic mass is 9.99. The van der Waals surface area contributed by atoms with Crippen LogP contribution in [0.1, 0.15) is 20.8 Å². The molecule has 1 heterocycles. The van der Waals surface area contributed by atoms with Crippen molar-refractivity contribution in [1.29, 1.82) is 0 Å². The second-order valence-electron chi connectivity index (χ2n) is 4.04. The molecule has 0 radical (unpaired) electrons. The number of aliphatic hydroxyl groups excluding tert-OH is 1. The minimum absolute atomic E-state index is 0.417. The quantitative estimate of drug-likeness (QED) is 0.694. The minimum atomic E-state index is -0.467. The van der Waals surface area contributed by atoms with Crippen LogP contribution in [0.2, 0.25) is 0 Å². The highest BCUT2D eigenvalue weighted by molar-refractivity contribution is 5.41. The van der Waals surface area contributed by atoms with Crippen molar-refractivity contribution in [3.63, 3.8) is 0 Å². The Morgan fingerprint density at radius 1 is 1.47 bits per heavy atom. The standard InChI is InChI=1S/C10H18N4O/c1-7(15)10(2,3)14-8-5-6-12-9(11-4)13-8/h5-7,15H,1-4H3,(H2,11,12,13,14). The predicted octanol–water partition coefficient (Wildman–Crippen LogP) is 1.09. The Kier molecular flexibility index (Phi) is 3.47. The van der Waals surface area contributed by atoms with Gasteiger partial charge in [-0.25, -0.2) is 4.98 Å². The van der Waals surface area contributed by atoms with Crippen molar-refractivity contribution in [3.05, 3.63) is 12.3 Å². The topological polar surface area (TPSA) is 70.1 Å². The summed E-state index contributed by atoms with van der Waals surface area (Å²) in [6, 6.07) is 1.77. The number of aliphatic hydroxyl groups is 1. The third-order valence-electron chi connectivity index (χ3n) is 2.37. The van der Waals surface area contributed by atoms with Crippen LogP contribution in [0.25, 0.3) is 0 Å². The van der Waals surface area contributed by atoms with E-state index in [4.69, 9.17) is 0 Å². The smallest absolute Gasteiger partial charge is 0.224 e. The molecule has 1 rings (SSSR count). The number of nitrogens with one attached hydrogen (secondary N) is 2. The van der Waals surface area contributed by atoms with Gasteiger partial charge in [-0.15, -0.1) is 0 Å². The molecule has 84 valence electrons. The van der Waals surface area contributed by atoms with Crippen LogP contribution in [0.5, 0.6) is 0 Å². The molecule has 0 saturated carbocycles. The van der Waals surface area contributed by atoms with Crippen LogP contribution in [0.15, 0.2) is 12.3 Å². The summed E-state index contributed by atoms with van der Waals surface area (Å²) >= 11 is 0. The van der Waals surface area contributed by atoms with Crippen LogP contribution in [0, 0.1) is 0 Å². The molecule has 0 spiro atoms. The lowest BCUT2D eigenvalue weighted by Crippen LogP contribution is -2.42. The van der Waals surface area contributed by atoms with Gasteiger partial charge in [-0.3, -0.25) is 0 Å². The maximum atomic E-state index is 9.55. The van der Waals surface area contributed by atoms with Gasteiger partial charge < -0.3 is 15.7 Å². The Hall–Kier alpha value is -1.36. The van der Waals surface area contributed by atoms with Gasteiger partial charge in [0.1, 0.15) is 5.82 Å². The van der Waals surface area contributed by atoms with Crippen molar-refractivity contribution in [2.45, 2.75) is 32.4 Å². The minimum Gasteiger partial charge on any atom is -0.391 e. The van der Waals surface area contributed by atoms with E-state index in [0.717, 1.165) is 0 Å². The molecule has 5 nitrogen and oxygen atoms in total. The van der Waals surface area contributed by atoms with Gasteiger partial charge in [0.2, 0.25) is 5.95 Å². The van der Waals surface area contributed by atoms with E-state index in [-0.39, 0.29) is 0 Å². The van der Waals surface area contributed by atoms with Gasteiger partial charge in [0.25, 0.3) is 0 Å². The molecule has 0 aliphatic rings. The highest BCUT2D eigenvalue weighted by Crippen LogP contribution is 2.16. The average molecular weight is 210 g/mol. The largest absolute Gasteiger partial charge is 0.391 e. The fraction of sp³-hybridized carbons (Fsp3) is 0.600. The number of aromatic nitrogens is 2. The summed E-state index contributed by atoms with van der Waals surface area (Å²) < 4.78 is 0. The Morgan fingerprint density at radius 3 is 2.67 bits per heavy atom. The van der Waals surface area contributed by atoms with E-state index in [2.05, 4.69) is 20.6 Å². The van der Waals surface area contributed by atoms with E-state index in [1.165, 1.54) is 0 Å². The van der Waals surface area contributed by atoms with Gasteiger partial charge in [-0.2, -0.15) is 4.98 Å². The van der Waals surface area contributed by atoms with E-state index < -0.39 is 11.6 Å². The first-order valence-corrected chi connectivity index (χ1v) is 4.93. The number of rotatable bonds is 4. The highest BCUT2D eigenvalue weighted by atomic mass is 16.3. The van der Waals surface area contributed by atoms with Crippen molar-refractivity contribution in [3.8, 4) is 0 Å². The summed E-state index contributed by atoms with van der Waals surface area (Å²) in [5, 5.41) is 15.6. The van der Waals surface area contributed by atoms with Gasteiger partial charge in [-0.1, -0.05) is 0 Å². The molecule has 1 unspecified atom stereocenters. The molecule has 0 aromatic carbocycles. The van der Waals surface area contributed by atoms with Crippen LogP contribution in [0.4, 0.5) is 11.8 Å². The zero-order valence-electron chi connectivity index (χ0n) is 9.57. The van der Waals surface area contributed by atoms with Crippen molar-refractivity contribution in [1.82, 2.24) is 9.97 Å². The lowest BCUT2D eigenvalue weighted by Gasteiger charge is -2.29. The van der Waals surface area contributed by atoms with E-state index in [0.29, 0.717) is 11.8 Å². The SMILES string of the molecule is CNc1nccc(NC(C)(C)C(C)O)n1. The van der Waals surface area contributed by atoms with Gasteiger partial charge in [-0.05, 0) is 26.8 Å². The molecular weight excluding hydrogens is 192 g/mol. The Labute approximate surface area is 90.0 Å². The molecule has 0 saturated heterocycles. The maximum Gasteiger partial charge on any atom is 0.224 e. The van der Waals surface area contributed by atoms with Gasteiger partial charge >= 0.3 is 0 Å². The molecule has 1 atom stereocenters. The lowest BCUT2D eigenvalue weighted by molar-refractivity contribution is 0.133. The average Bonchev–Trinajstić information content (AvgIpc) is 2.17. The normalized spacial score (nSPS) is 13.4. The molecule has 0 bridgehead atoms. The van der Waals surface area contributed by atoms with E-state index in [1.54, 1.807) is 26.2 Å². The second-order valence-corrected chi connectivity index (χ2v) is 4.04. The first-order chi connectivity index (χ1) is 6.95. The molecular formula is C10H18N4O. The molecule has 1 aromatic rings. The number of hydrogen-bond acceptors (Lipinski definition) is 5. The van der Waals surface area contributed by atoms with Crippen molar-refractivity contribution in [2.24, 2.45) is 0 Å².